The molecule has 2 rings (SSSR count). The van der Waals surface area contributed by atoms with E-state index in [-0.39, 0.29) is 17.7 Å². The number of carbonyl (C=O) groups excluding carboxylic acids is 2. The van der Waals surface area contributed by atoms with Crippen molar-refractivity contribution in [2.45, 2.75) is 41.4 Å². The molecule has 0 saturated heterocycles. The molecule has 1 aromatic heterocycles. The Morgan fingerprint density at radius 3 is 2.24 bits per heavy atom. The van der Waals surface area contributed by atoms with E-state index in [1.807, 2.05) is 30.3 Å². The molecule has 0 fully saturated rings. The summed E-state index contributed by atoms with van der Waals surface area (Å²) < 4.78 is 1.49. The average Bonchev–Trinajstić information content (AvgIpc) is 3.11. The normalized spacial score (nSPS) is 10.8. The second-order valence-electron chi connectivity index (χ2n) is 5.28. The van der Waals surface area contributed by atoms with Gasteiger partial charge in [-0.2, -0.15) is 0 Å². The van der Waals surface area contributed by atoms with Gasteiger partial charge in [0, 0.05) is 11.6 Å². The zero-order valence-electron chi connectivity index (χ0n) is 14.2. The number of amides is 1. The maximum absolute atomic E-state index is 12.1. The number of rotatable bonds is 10. The van der Waals surface area contributed by atoms with Crippen molar-refractivity contribution in [2.24, 2.45) is 0 Å². The maximum atomic E-state index is 12.1. The molecule has 0 atom stereocenters. The molecule has 8 heteroatoms. The fraction of sp³-hybridized carbons (Fsp3) is 0.412. The number of hydrogen-bond acceptors (Lipinski definition) is 7. The lowest BCUT2D eigenvalue weighted by Crippen LogP contribution is -2.34. The third kappa shape index (κ3) is 6.80. The molecule has 2 aromatic rings. The lowest BCUT2D eigenvalue weighted by molar-refractivity contribution is -0.119. The minimum atomic E-state index is 0.0161. The number of benzene rings is 1. The van der Waals surface area contributed by atoms with Crippen molar-refractivity contribution in [3.05, 3.63) is 35.9 Å². The molecule has 0 saturated carbocycles. The summed E-state index contributed by atoms with van der Waals surface area (Å²) in [6, 6.07) is 9.44. The first-order chi connectivity index (χ1) is 12.1. The summed E-state index contributed by atoms with van der Waals surface area (Å²) in [5.41, 5.74) is 0.701. The number of nitrogens with one attached hydrogen (secondary N) is 1. The number of thioether (sulfide) groups is 2. The van der Waals surface area contributed by atoms with Crippen LogP contribution >= 0.6 is 34.9 Å². The SMILES string of the molecule is CCC(CC)NC(=O)CSc1nnc(SCC(=O)c2ccccc2)s1. The Morgan fingerprint density at radius 2 is 1.64 bits per heavy atom. The van der Waals surface area contributed by atoms with Crippen LogP contribution in [0.5, 0.6) is 0 Å². The topological polar surface area (TPSA) is 72.0 Å². The van der Waals surface area contributed by atoms with Gasteiger partial charge in [0.1, 0.15) is 0 Å². The second-order valence-corrected chi connectivity index (χ2v) is 8.70. The number of hydrogen-bond donors (Lipinski definition) is 1. The summed E-state index contributed by atoms with van der Waals surface area (Å²) >= 11 is 4.17. The highest BCUT2D eigenvalue weighted by Gasteiger charge is 2.13. The highest BCUT2D eigenvalue weighted by Crippen LogP contribution is 2.29. The van der Waals surface area contributed by atoms with Crippen LogP contribution < -0.4 is 5.32 Å². The van der Waals surface area contributed by atoms with Crippen LogP contribution in [-0.2, 0) is 4.79 Å². The minimum Gasteiger partial charge on any atom is -0.353 e. The molecule has 25 heavy (non-hydrogen) atoms. The summed E-state index contributed by atoms with van der Waals surface area (Å²) in [6.45, 7) is 4.12. The molecule has 0 aliphatic carbocycles. The van der Waals surface area contributed by atoms with Crippen LogP contribution in [0.4, 0.5) is 0 Å². The highest BCUT2D eigenvalue weighted by molar-refractivity contribution is 8.03. The van der Waals surface area contributed by atoms with Crippen molar-refractivity contribution in [1.29, 1.82) is 0 Å². The van der Waals surface area contributed by atoms with Gasteiger partial charge in [0.05, 0.1) is 11.5 Å². The maximum Gasteiger partial charge on any atom is 0.230 e. The van der Waals surface area contributed by atoms with E-state index >= 15 is 0 Å². The van der Waals surface area contributed by atoms with Gasteiger partial charge in [0.2, 0.25) is 5.91 Å². The Balaban J connectivity index is 1.76. The van der Waals surface area contributed by atoms with Crippen molar-refractivity contribution in [1.82, 2.24) is 15.5 Å². The van der Waals surface area contributed by atoms with Gasteiger partial charge in [-0.05, 0) is 12.8 Å². The third-order valence-corrected chi connectivity index (χ3v) is 6.68. The molecule has 1 heterocycles. The van der Waals surface area contributed by atoms with Crippen molar-refractivity contribution < 1.29 is 9.59 Å². The first-order valence-corrected chi connectivity index (χ1v) is 10.9. The number of Topliss-reactive ketones (excluding diaryl/α,β-unsaturated/α-hetero) is 1. The predicted molar refractivity (Wildman–Crippen MR) is 105 cm³/mol. The number of nitrogens with zero attached hydrogens (tertiary/aromatic N) is 2. The monoisotopic (exact) mass is 395 g/mol. The molecule has 5 nitrogen and oxygen atoms in total. The van der Waals surface area contributed by atoms with E-state index in [2.05, 4.69) is 29.4 Å². The quantitative estimate of drug-likeness (QED) is 0.486. The zero-order valence-corrected chi connectivity index (χ0v) is 16.7. The predicted octanol–water partition coefficient (Wildman–Crippen LogP) is 3.91. The summed E-state index contributed by atoms with van der Waals surface area (Å²) in [5.74, 6) is 0.749. The first kappa shape index (κ1) is 19.9. The molecule has 1 amide bonds. The average molecular weight is 396 g/mol. The van der Waals surface area contributed by atoms with Crippen LogP contribution in [0, 0.1) is 0 Å². The lowest BCUT2D eigenvalue weighted by Gasteiger charge is -2.13. The fourth-order valence-corrected chi connectivity index (χ4v) is 4.76. The van der Waals surface area contributed by atoms with E-state index < -0.39 is 0 Å². The van der Waals surface area contributed by atoms with Gasteiger partial charge in [-0.15, -0.1) is 10.2 Å². The van der Waals surface area contributed by atoms with Gasteiger partial charge in [-0.1, -0.05) is 79.0 Å². The molecule has 1 aromatic carbocycles. The molecule has 0 bridgehead atoms. The van der Waals surface area contributed by atoms with Crippen LogP contribution in [0.3, 0.4) is 0 Å². The number of aromatic nitrogens is 2. The molecule has 0 radical (unpaired) electrons. The van der Waals surface area contributed by atoms with E-state index in [4.69, 9.17) is 0 Å². The van der Waals surface area contributed by atoms with Crippen molar-refractivity contribution in [3.8, 4) is 0 Å². The van der Waals surface area contributed by atoms with Gasteiger partial charge < -0.3 is 5.32 Å². The van der Waals surface area contributed by atoms with Crippen LogP contribution in [-0.4, -0.2) is 39.4 Å². The Kier molecular flexibility index (Phi) is 8.43. The van der Waals surface area contributed by atoms with Crippen LogP contribution in [0.2, 0.25) is 0 Å². The zero-order chi connectivity index (χ0) is 18.1. The van der Waals surface area contributed by atoms with E-state index in [1.165, 1.54) is 34.9 Å². The standard InChI is InChI=1S/C17H21N3O2S3/c1-3-13(4-2)18-15(22)11-24-17-20-19-16(25-17)23-10-14(21)12-8-6-5-7-9-12/h5-9,13H,3-4,10-11H2,1-2H3,(H,18,22). The molecule has 0 aliphatic rings. The Hall–Kier alpha value is -1.38. The minimum absolute atomic E-state index is 0.0161. The number of ketones is 1. The molecular formula is C17H21N3O2S3. The van der Waals surface area contributed by atoms with E-state index in [0.29, 0.717) is 17.1 Å². The number of carbonyl (C=O) groups is 2. The van der Waals surface area contributed by atoms with Gasteiger partial charge in [-0.3, -0.25) is 9.59 Å². The van der Waals surface area contributed by atoms with Gasteiger partial charge in [0.25, 0.3) is 0 Å². The highest BCUT2D eigenvalue weighted by atomic mass is 32.2. The first-order valence-electron chi connectivity index (χ1n) is 8.09. The molecule has 0 aliphatic heterocycles. The second kappa shape index (κ2) is 10.6. The molecule has 0 unspecified atom stereocenters. The third-order valence-electron chi connectivity index (χ3n) is 3.49. The van der Waals surface area contributed by atoms with Gasteiger partial charge >= 0.3 is 0 Å². The molecule has 0 spiro atoms. The van der Waals surface area contributed by atoms with Crippen LogP contribution in [0.1, 0.15) is 37.0 Å². The Bertz CT molecular complexity index is 687. The lowest BCUT2D eigenvalue weighted by atomic mass is 10.2. The van der Waals surface area contributed by atoms with Gasteiger partial charge in [-0.25, -0.2) is 0 Å². The Labute approximate surface area is 160 Å². The van der Waals surface area contributed by atoms with Crippen LogP contribution in [0.15, 0.2) is 39.0 Å². The summed E-state index contributed by atoms with van der Waals surface area (Å²) in [5, 5.41) is 11.2. The van der Waals surface area contributed by atoms with Crippen molar-refractivity contribution in [2.75, 3.05) is 11.5 Å². The summed E-state index contributed by atoms with van der Waals surface area (Å²) in [7, 11) is 0. The largest absolute Gasteiger partial charge is 0.353 e. The molecular weight excluding hydrogens is 374 g/mol. The smallest absolute Gasteiger partial charge is 0.230 e. The van der Waals surface area contributed by atoms with Crippen molar-refractivity contribution in [3.63, 3.8) is 0 Å². The van der Waals surface area contributed by atoms with E-state index in [0.717, 1.165) is 21.5 Å². The fourth-order valence-electron chi connectivity index (χ4n) is 2.04. The van der Waals surface area contributed by atoms with Crippen LogP contribution in [0.25, 0.3) is 0 Å². The summed E-state index contributed by atoms with van der Waals surface area (Å²) in [4.78, 5) is 24.0. The Morgan fingerprint density at radius 1 is 1.04 bits per heavy atom. The summed E-state index contributed by atoms with van der Waals surface area (Å²) in [6.07, 6.45) is 1.86. The molecule has 1 N–H and O–H groups in total. The molecule has 134 valence electrons. The van der Waals surface area contributed by atoms with Crippen molar-refractivity contribution >= 4 is 46.6 Å². The van der Waals surface area contributed by atoms with E-state index in [1.54, 1.807) is 0 Å². The van der Waals surface area contributed by atoms with Gasteiger partial charge in [0.15, 0.2) is 14.5 Å². The van der Waals surface area contributed by atoms with E-state index in [9.17, 15) is 9.59 Å².